The summed E-state index contributed by atoms with van der Waals surface area (Å²) in [6.45, 7) is 4.56. The number of hydrogen-bond acceptors (Lipinski definition) is 5. The van der Waals surface area contributed by atoms with E-state index in [0.717, 1.165) is 18.8 Å². The Labute approximate surface area is 118 Å². The first kappa shape index (κ1) is 12.9. The second-order valence-electron chi connectivity index (χ2n) is 4.94. The van der Waals surface area contributed by atoms with Crippen molar-refractivity contribution in [1.29, 1.82) is 0 Å². The van der Waals surface area contributed by atoms with Crippen LogP contribution in [0.3, 0.4) is 0 Å². The van der Waals surface area contributed by atoms with Crippen molar-refractivity contribution in [3.8, 4) is 5.88 Å². The van der Waals surface area contributed by atoms with Crippen molar-refractivity contribution in [3.05, 3.63) is 46.6 Å². The molecule has 0 spiro atoms. The predicted molar refractivity (Wildman–Crippen MR) is 77.6 cm³/mol. The third kappa shape index (κ3) is 2.72. The number of benzene rings is 1. The maximum absolute atomic E-state index is 5.15. The lowest BCUT2D eigenvalue weighted by atomic mass is 10.1. The van der Waals surface area contributed by atoms with E-state index in [2.05, 4.69) is 38.8 Å². The van der Waals surface area contributed by atoms with Gasteiger partial charge < -0.3 is 15.4 Å². The van der Waals surface area contributed by atoms with Gasteiger partial charge in [-0.25, -0.2) is 4.98 Å². The first-order chi connectivity index (χ1) is 9.74. The highest BCUT2D eigenvalue weighted by molar-refractivity contribution is 5.37. The third-order valence-corrected chi connectivity index (χ3v) is 3.39. The predicted octanol–water partition coefficient (Wildman–Crippen LogP) is 2.01. The second-order valence-corrected chi connectivity index (χ2v) is 4.94. The van der Waals surface area contributed by atoms with Gasteiger partial charge in [-0.2, -0.15) is 4.98 Å². The number of nitrogens with one attached hydrogen (secondary N) is 2. The van der Waals surface area contributed by atoms with E-state index in [1.54, 1.807) is 7.11 Å². The van der Waals surface area contributed by atoms with E-state index in [-0.39, 0.29) is 0 Å². The van der Waals surface area contributed by atoms with E-state index in [0.29, 0.717) is 18.4 Å². The lowest BCUT2D eigenvalue weighted by Gasteiger charge is -2.08. The SMILES string of the molecule is COc1cc(C)nc(NCc2ccc3c(c2)CNC3)n1. The van der Waals surface area contributed by atoms with Gasteiger partial charge in [-0.05, 0) is 23.6 Å². The van der Waals surface area contributed by atoms with Crippen LogP contribution < -0.4 is 15.4 Å². The fourth-order valence-electron chi connectivity index (χ4n) is 2.36. The molecular formula is C15H18N4O. The fourth-order valence-corrected chi connectivity index (χ4v) is 2.36. The number of hydrogen-bond donors (Lipinski definition) is 2. The monoisotopic (exact) mass is 270 g/mol. The van der Waals surface area contributed by atoms with Crippen LogP contribution in [-0.2, 0) is 19.6 Å². The van der Waals surface area contributed by atoms with E-state index >= 15 is 0 Å². The highest BCUT2D eigenvalue weighted by Gasteiger charge is 2.10. The van der Waals surface area contributed by atoms with Crippen molar-refractivity contribution in [2.24, 2.45) is 0 Å². The Morgan fingerprint density at radius 2 is 2.05 bits per heavy atom. The van der Waals surface area contributed by atoms with Crippen LogP contribution in [0.25, 0.3) is 0 Å². The van der Waals surface area contributed by atoms with Crippen LogP contribution in [0.1, 0.15) is 22.4 Å². The van der Waals surface area contributed by atoms with E-state index in [9.17, 15) is 0 Å². The molecule has 0 saturated heterocycles. The van der Waals surface area contributed by atoms with Gasteiger partial charge in [0.1, 0.15) is 0 Å². The quantitative estimate of drug-likeness (QED) is 0.890. The molecule has 5 heteroatoms. The van der Waals surface area contributed by atoms with E-state index in [4.69, 9.17) is 4.74 Å². The van der Waals surface area contributed by atoms with Crippen LogP contribution in [0.2, 0.25) is 0 Å². The number of fused-ring (bicyclic) bond motifs is 1. The molecule has 0 bridgehead atoms. The molecule has 0 unspecified atom stereocenters. The van der Waals surface area contributed by atoms with Crippen LogP contribution in [-0.4, -0.2) is 17.1 Å². The summed E-state index contributed by atoms with van der Waals surface area (Å²) in [5.41, 5.74) is 4.89. The number of methoxy groups -OCH3 is 1. The molecule has 104 valence electrons. The molecule has 0 saturated carbocycles. The van der Waals surface area contributed by atoms with Crippen molar-refractivity contribution in [3.63, 3.8) is 0 Å². The minimum atomic E-state index is 0.582. The molecule has 0 radical (unpaired) electrons. The van der Waals surface area contributed by atoms with Crippen LogP contribution in [0, 0.1) is 6.92 Å². The highest BCUT2D eigenvalue weighted by atomic mass is 16.5. The summed E-state index contributed by atoms with van der Waals surface area (Å²) in [6, 6.07) is 8.37. The third-order valence-electron chi connectivity index (χ3n) is 3.39. The summed E-state index contributed by atoms with van der Waals surface area (Å²) in [7, 11) is 1.61. The zero-order valence-electron chi connectivity index (χ0n) is 11.7. The lowest BCUT2D eigenvalue weighted by Crippen LogP contribution is -2.05. The summed E-state index contributed by atoms with van der Waals surface area (Å²) in [5.74, 6) is 1.18. The maximum Gasteiger partial charge on any atom is 0.226 e. The topological polar surface area (TPSA) is 59.1 Å². The molecule has 1 aromatic carbocycles. The summed E-state index contributed by atoms with van der Waals surface area (Å²) in [4.78, 5) is 8.64. The molecule has 2 aromatic rings. The van der Waals surface area contributed by atoms with Gasteiger partial charge in [-0.3, -0.25) is 0 Å². The number of anilines is 1. The molecule has 0 atom stereocenters. The van der Waals surface area contributed by atoms with Gasteiger partial charge in [-0.15, -0.1) is 0 Å². The van der Waals surface area contributed by atoms with Crippen LogP contribution >= 0.6 is 0 Å². The van der Waals surface area contributed by atoms with Gasteiger partial charge in [0.15, 0.2) is 0 Å². The Hall–Kier alpha value is -2.14. The Morgan fingerprint density at radius 1 is 1.20 bits per heavy atom. The van der Waals surface area contributed by atoms with E-state index in [1.165, 1.54) is 16.7 Å². The summed E-state index contributed by atoms with van der Waals surface area (Å²) >= 11 is 0. The normalized spacial score (nSPS) is 13.1. The van der Waals surface area contributed by atoms with Gasteiger partial charge in [0.2, 0.25) is 11.8 Å². The van der Waals surface area contributed by atoms with Gasteiger partial charge >= 0.3 is 0 Å². The van der Waals surface area contributed by atoms with Crippen LogP contribution in [0.5, 0.6) is 5.88 Å². The molecule has 2 heterocycles. The van der Waals surface area contributed by atoms with Crippen LogP contribution in [0.15, 0.2) is 24.3 Å². The molecule has 0 amide bonds. The largest absolute Gasteiger partial charge is 0.481 e. The minimum absolute atomic E-state index is 0.582. The molecule has 1 aromatic heterocycles. The van der Waals surface area contributed by atoms with Crippen LogP contribution in [0.4, 0.5) is 5.95 Å². The van der Waals surface area contributed by atoms with Gasteiger partial charge in [0.25, 0.3) is 0 Å². The Kier molecular flexibility index (Phi) is 3.52. The molecule has 0 aliphatic carbocycles. The Balaban J connectivity index is 1.71. The average molecular weight is 270 g/mol. The summed E-state index contributed by atoms with van der Waals surface area (Å²) in [6.07, 6.45) is 0. The van der Waals surface area contributed by atoms with Crippen molar-refractivity contribution in [2.75, 3.05) is 12.4 Å². The molecule has 20 heavy (non-hydrogen) atoms. The number of aryl methyl sites for hydroxylation is 1. The number of nitrogens with zero attached hydrogens (tertiary/aromatic N) is 2. The lowest BCUT2D eigenvalue weighted by molar-refractivity contribution is 0.397. The molecule has 3 rings (SSSR count). The average Bonchev–Trinajstić information content (AvgIpc) is 2.92. The number of aromatic nitrogens is 2. The first-order valence-electron chi connectivity index (χ1n) is 6.69. The van der Waals surface area contributed by atoms with E-state index in [1.807, 2.05) is 13.0 Å². The van der Waals surface area contributed by atoms with Gasteiger partial charge in [0.05, 0.1) is 7.11 Å². The molecule has 1 aliphatic heterocycles. The number of ether oxygens (including phenoxy) is 1. The number of rotatable bonds is 4. The highest BCUT2D eigenvalue weighted by Crippen LogP contribution is 2.18. The minimum Gasteiger partial charge on any atom is -0.481 e. The zero-order valence-corrected chi connectivity index (χ0v) is 11.7. The molecular weight excluding hydrogens is 252 g/mol. The van der Waals surface area contributed by atoms with Crippen molar-refractivity contribution >= 4 is 5.95 Å². The molecule has 0 fully saturated rings. The summed E-state index contributed by atoms with van der Waals surface area (Å²) < 4.78 is 5.15. The maximum atomic E-state index is 5.15. The first-order valence-corrected chi connectivity index (χ1v) is 6.69. The second kappa shape index (κ2) is 5.46. The smallest absolute Gasteiger partial charge is 0.226 e. The fraction of sp³-hybridized carbons (Fsp3) is 0.333. The van der Waals surface area contributed by atoms with Gasteiger partial charge in [-0.1, -0.05) is 18.2 Å². The molecule has 1 aliphatic rings. The van der Waals surface area contributed by atoms with Crippen molar-refractivity contribution in [1.82, 2.24) is 15.3 Å². The zero-order chi connectivity index (χ0) is 13.9. The molecule has 5 nitrogen and oxygen atoms in total. The molecule has 2 N–H and O–H groups in total. The van der Waals surface area contributed by atoms with E-state index < -0.39 is 0 Å². The summed E-state index contributed by atoms with van der Waals surface area (Å²) in [5, 5.41) is 6.59. The Bertz CT molecular complexity index is 627. The van der Waals surface area contributed by atoms with Crippen molar-refractivity contribution < 1.29 is 4.74 Å². The van der Waals surface area contributed by atoms with Gasteiger partial charge in [0, 0.05) is 31.4 Å². The van der Waals surface area contributed by atoms with Crippen molar-refractivity contribution in [2.45, 2.75) is 26.6 Å². The Morgan fingerprint density at radius 3 is 2.90 bits per heavy atom. The standard InChI is InChI=1S/C15H18N4O/c1-10-5-14(20-2)19-15(18-10)17-7-11-3-4-12-8-16-9-13(12)6-11/h3-6,16H,7-9H2,1-2H3,(H,17,18,19).